The molecule has 3 heterocycles. The molecule has 0 spiro atoms. The van der Waals surface area contributed by atoms with Gasteiger partial charge in [-0.25, -0.2) is 0 Å². The van der Waals surface area contributed by atoms with E-state index >= 15 is 0 Å². The number of carbonyl (C=O) groups is 1. The number of nitrogens with one attached hydrogen (secondary N) is 1. The van der Waals surface area contributed by atoms with E-state index in [1.165, 1.54) is 180 Å². The van der Waals surface area contributed by atoms with Crippen LogP contribution in [0.4, 0.5) is 0 Å². The maximum atomic E-state index is 13.4. The van der Waals surface area contributed by atoms with E-state index in [0.29, 0.717) is 12.8 Å². The fourth-order valence-electron chi connectivity index (χ4n) is 12.9. The molecule has 0 aromatic heterocycles. The van der Waals surface area contributed by atoms with Gasteiger partial charge in [0.2, 0.25) is 5.91 Å². The van der Waals surface area contributed by atoms with Crippen LogP contribution in [-0.2, 0) is 33.2 Å². The molecule has 19 heteroatoms. The van der Waals surface area contributed by atoms with Gasteiger partial charge in [0.05, 0.1) is 38.6 Å². The van der Waals surface area contributed by atoms with Crippen LogP contribution in [0.1, 0.15) is 284 Å². The minimum atomic E-state index is -1.98. The van der Waals surface area contributed by atoms with Gasteiger partial charge in [0.1, 0.15) is 73.2 Å². The summed E-state index contributed by atoms with van der Waals surface area (Å²) in [6, 6.07) is -0.990. The number of unbranched alkanes of at least 4 members (excludes halogenated alkanes) is 33. The predicted molar refractivity (Wildman–Crippen MR) is 392 cm³/mol. The molecule has 17 atom stereocenters. The van der Waals surface area contributed by atoms with Crippen molar-refractivity contribution in [1.29, 1.82) is 0 Å². The summed E-state index contributed by atoms with van der Waals surface area (Å²) >= 11 is 0. The molecular formula is C80H141NO18. The lowest BCUT2D eigenvalue weighted by molar-refractivity contribution is -0.379. The van der Waals surface area contributed by atoms with Crippen molar-refractivity contribution in [2.24, 2.45) is 0 Å². The molecule has 3 saturated heterocycles. The monoisotopic (exact) mass is 1400 g/mol. The molecule has 3 aliphatic rings. The fourth-order valence-corrected chi connectivity index (χ4v) is 12.9. The van der Waals surface area contributed by atoms with Gasteiger partial charge in [-0.1, -0.05) is 285 Å². The summed E-state index contributed by atoms with van der Waals surface area (Å²) in [5.74, 6) is -0.284. The lowest BCUT2D eigenvalue weighted by Crippen LogP contribution is -2.66. The number of carbonyl (C=O) groups excluding carboxylic acids is 1. The molecule has 3 aliphatic heterocycles. The van der Waals surface area contributed by atoms with Gasteiger partial charge in [-0.15, -0.1) is 0 Å². The van der Waals surface area contributed by atoms with E-state index in [1.54, 1.807) is 6.08 Å². The molecule has 0 saturated carbocycles. The first-order chi connectivity index (χ1) is 48.3. The van der Waals surface area contributed by atoms with E-state index in [9.17, 15) is 61.0 Å². The lowest BCUT2D eigenvalue weighted by atomic mass is 9.96. The number of aliphatic hydroxyl groups excluding tert-OH is 11. The van der Waals surface area contributed by atoms with Crippen molar-refractivity contribution < 1.29 is 89.4 Å². The summed E-state index contributed by atoms with van der Waals surface area (Å²) in [6.07, 6.45) is 53.3. The highest BCUT2D eigenvalue weighted by atomic mass is 16.8. The first-order valence-corrected chi connectivity index (χ1v) is 39.3. The number of aliphatic hydroxyl groups is 11. The Balaban J connectivity index is 1.27. The highest BCUT2D eigenvalue weighted by molar-refractivity contribution is 5.76. The average molecular weight is 1400 g/mol. The van der Waals surface area contributed by atoms with Gasteiger partial charge in [-0.2, -0.15) is 0 Å². The van der Waals surface area contributed by atoms with Gasteiger partial charge in [0, 0.05) is 6.42 Å². The second-order valence-electron chi connectivity index (χ2n) is 27.8. The van der Waals surface area contributed by atoms with E-state index < -0.39 is 124 Å². The first kappa shape index (κ1) is 90.2. The van der Waals surface area contributed by atoms with Crippen LogP contribution in [0, 0.1) is 0 Å². The number of hydrogen-bond donors (Lipinski definition) is 12. The molecular weight excluding hydrogens is 1260 g/mol. The van der Waals surface area contributed by atoms with Crippen molar-refractivity contribution in [1.82, 2.24) is 5.32 Å². The molecule has 0 aromatic rings. The van der Waals surface area contributed by atoms with Gasteiger partial charge >= 0.3 is 0 Å². The van der Waals surface area contributed by atoms with Crippen LogP contribution < -0.4 is 5.32 Å². The maximum absolute atomic E-state index is 13.4. The van der Waals surface area contributed by atoms with Crippen LogP contribution in [-0.4, -0.2) is 193 Å². The third-order valence-corrected chi connectivity index (χ3v) is 19.2. The summed E-state index contributed by atoms with van der Waals surface area (Å²) in [7, 11) is 0. The zero-order valence-electron chi connectivity index (χ0n) is 61.2. The van der Waals surface area contributed by atoms with Gasteiger partial charge in [-0.3, -0.25) is 4.79 Å². The Labute approximate surface area is 597 Å². The van der Waals surface area contributed by atoms with Crippen molar-refractivity contribution >= 4 is 5.91 Å². The van der Waals surface area contributed by atoms with Gasteiger partial charge in [-0.05, 0) is 77.0 Å². The van der Waals surface area contributed by atoms with E-state index in [1.807, 2.05) is 6.08 Å². The number of ether oxygens (including phenoxy) is 6. The molecule has 3 fully saturated rings. The first-order valence-electron chi connectivity index (χ1n) is 39.3. The van der Waals surface area contributed by atoms with Crippen LogP contribution in [0.2, 0.25) is 0 Å². The Morgan fingerprint density at radius 2 is 0.707 bits per heavy atom. The number of amides is 1. The molecule has 0 bridgehead atoms. The smallest absolute Gasteiger partial charge is 0.220 e. The zero-order chi connectivity index (χ0) is 71.8. The maximum Gasteiger partial charge on any atom is 0.220 e. The van der Waals surface area contributed by atoms with Crippen molar-refractivity contribution in [3.63, 3.8) is 0 Å². The normalized spacial score (nSPS) is 27.1. The molecule has 0 aromatic carbocycles. The molecule has 3 rings (SSSR count). The largest absolute Gasteiger partial charge is 0.394 e. The number of rotatable bonds is 61. The average Bonchev–Trinajstić information content (AvgIpc) is 0.785. The van der Waals surface area contributed by atoms with Crippen LogP contribution in [0.15, 0.2) is 85.1 Å². The Morgan fingerprint density at radius 3 is 1.13 bits per heavy atom. The lowest BCUT2D eigenvalue weighted by Gasteiger charge is -2.48. The second kappa shape index (κ2) is 60.3. The molecule has 99 heavy (non-hydrogen) atoms. The fraction of sp³-hybridized carbons (Fsp3) is 0.812. The number of allylic oxidation sites excluding steroid dienone is 13. The molecule has 0 radical (unpaired) electrons. The standard InChI is InChI=1S/C80H141NO18/c1-3-5-7-9-11-13-15-17-18-19-20-21-22-23-24-25-26-27-28-29-30-31-32-33-34-35-36-37-38-39-40-41-42-43-44-46-48-50-52-54-56-58-68(86)81-63(64(85)57-55-53-51-49-47-45-16-14-12-10-8-6-4-2)62-94-78-74(92)71(89)76(66(60-83)96-78)99-80-75(93)72(90)77(67(61-84)97-80)98-79-73(91)70(88)69(87)65(59-82)95-79/h5,7,11,13,17-18,20-21,23-24,47,49,55,57,63-67,69-80,82-85,87-93H,3-4,6,8-10,12,14-16,19,22,25-46,48,50-54,56,58-62H2,1-2H3,(H,81,86)/b7-5-,13-11-,18-17-,21-20-,24-23-,49-47+,57-55+. The summed E-state index contributed by atoms with van der Waals surface area (Å²) in [6.45, 7) is 1.59. The van der Waals surface area contributed by atoms with Gasteiger partial charge < -0.3 is 89.9 Å². The highest BCUT2D eigenvalue weighted by Crippen LogP contribution is 2.33. The summed E-state index contributed by atoms with van der Waals surface area (Å²) < 4.78 is 34.3. The third-order valence-electron chi connectivity index (χ3n) is 19.2. The van der Waals surface area contributed by atoms with E-state index in [0.717, 1.165) is 70.6 Å². The molecule has 17 unspecified atom stereocenters. The minimum Gasteiger partial charge on any atom is -0.394 e. The Hall–Kier alpha value is -3.03. The molecule has 19 nitrogen and oxygen atoms in total. The Kier molecular flexibility index (Phi) is 54.9. The quantitative estimate of drug-likeness (QED) is 0.0199. The van der Waals surface area contributed by atoms with Crippen LogP contribution in [0.3, 0.4) is 0 Å². The minimum absolute atomic E-state index is 0.236. The van der Waals surface area contributed by atoms with Crippen LogP contribution in [0.25, 0.3) is 0 Å². The predicted octanol–water partition coefficient (Wildman–Crippen LogP) is 12.6. The van der Waals surface area contributed by atoms with Crippen molar-refractivity contribution in [2.45, 2.75) is 388 Å². The van der Waals surface area contributed by atoms with Crippen LogP contribution >= 0.6 is 0 Å². The van der Waals surface area contributed by atoms with E-state index in [2.05, 4.69) is 92.1 Å². The van der Waals surface area contributed by atoms with Gasteiger partial charge in [0.25, 0.3) is 0 Å². The third kappa shape index (κ3) is 40.7. The Bertz CT molecular complexity index is 2120. The van der Waals surface area contributed by atoms with Gasteiger partial charge in [0.15, 0.2) is 18.9 Å². The van der Waals surface area contributed by atoms with Crippen molar-refractivity contribution in [3.05, 3.63) is 85.1 Å². The molecule has 12 N–H and O–H groups in total. The number of hydrogen-bond acceptors (Lipinski definition) is 18. The molecule has 0 aliphatic carbocycles. The van der Waals surface area contributed by atoms with E-state index in [4.69, 9.17) is 28.4 Å². The highest BCUT2D eigenvalue weighted by Gasteiger charge is 2.53. The summed E-state index contributed by atoms with van der Waals surface area (Å²) in [5.41, 5.74) is 0. The Morgan fingerprint density at radius 1 is 0.374 bits per heavy atom. The SMILES string of the molecule is CC/C=C\C/C=C\C/C=C\C/C=C\C/C=C\CCCCCCCCCCCCCCCCCCCCCCCCCCCC(=O)NC(COC1OC(CO)C(OC2OC(CO)C(OC3OC(CO)C(O)C(O)C3O)C(O)C2O)C(O)C1O)C(O)/C=C/CC/C=C/CCCCCCCCC. The van der Waals surface area contributed by atoms with E-state index in [-0.39, 0.29) is 18.9 Å². The second-order valence-corrected chi connectivity index (χ2v) is 27.8. The van der Waals surface area contributed by atoms with Crippen LogP contribution in [0.5, 0.6) is 0 Å². The summed E-state index contributed by atoms with van der Waals surface area (Å²) in [5, 5.41) is 121. The molecule has 1 amide bonds. The van der Waals surface area contributed by atoms with Crippen molar-refractivity contribution in [3.8, 4) is 0 Å². The molecule has 574 valence electrons. The summed E-state index contributed by atoms with van der Waals surface area (Å²) in [4.78, 5) is 13.4. The zero-order valence-corrected chi connectivity index (χ0v) is 61.2. The van der Waals surface area contributed by atoms with Crippen molar-refractivity contribution in [2.75, 3.05) is 26.4 Å². The topological polar surface area (TPSA) is 307 Å².